The van der Waals surface area contributed by atoms with E-state index in [2.05, 4.69) is 5.32 Å². The van der Waals surface area contributed by atoms with Gasteiger partial charge in [0.25, 0.3) is 5.69 Å². The SMILES string of the molecule is CC(C)Oc1ccc(NC(=O)CSCc2ccc([N+](=O)[O-])cc2)cc1. The van der Waals surface area contributed by atoms with Gasteiger partial charge in [-0.3, -0.25) is 14.9 Å². The Hall–Kier alpha value is -2.54. The van der Waals surface area contributed by atoms with Crippen LogP contribution in [0.1, 0.15) is 19.4 Å². The van der Waals surface area contributed by atoms with E-state index in [4.69, 9.17) is 4.74 Å². The van der Waals surface area contributed by atoms with Crippen molar-refractivity contribution in [3.8, 4) is 5.75 Å². The summed E-state index contributed by atoms with van der Waals surface area (Å²) < 4.78 is 5.55. The molecule has 132 valence electrons. The third kappa shape index (κ3) is 6.46. The lowest BCUT2D eigenvalue weighted by Gasteiger charge is -2.10. The lowest BCUT2D eigenvalue weighted by molar-refractivity contribution is -0.384. The molecule has 0 saturated heterocycles. The van der Waals surface area contributed by atoms with Crippen molar-refractivity contribution in [3.63, 3.8) is 0 Å². The number of nitro benzene ring substituents is 1. The molecule has 2 aromatic rings. The van der Waals surface area contributed by atoms with Crippen LogP contribution in [0.5, 0.6) is 5.75 Å². The summed E-state index contributed by atoms with van der Waals surface area (Å²) in [6.07, 6.45) is 0.108. The average Bonchev–Trinajstić information content (AvgIpc) is 2.56. The normalized spacial score (nSPS) is 10.5. The van der Waals surface area contributed by atoms with Crippen LogP contribution in [-0.4, -0.2) is 22.7 Å². The Kier molecular flexibility index (Phi) is 6.82. The van der Waals surface area contributed by atoms with E-state index in [0.717, 1.165) is 17.0 Å². The maximum atomic E-state index is 12.0. The minimum Gasteiger partial charge on any atom is -0.491 e. The first kappa shape index (κ1) is 18.8. The molecular weight excluding hydrogens is 340 g/mol. The van der Waals surface area contributed by atoms with E-state index in [1.807, 2.05) is 26.0 Å². The molecule has 25 heavy (non-hydrogen) atoms. The highest BCUT2D eigenvalue weighted by atomic mass is 32.2. The second kappa shape index (κ2) is 9.08. The van der Waals surface area contributed by atoms with Crippen LogP contribution in [-0.2, 0) is 10.5 Å². The lowest BCUT2D eigenvalue weighted by atomic mass is 10.2. The molecule has 2 aromatic carbocycles. The van der Waals surface area contributed by atoms with Gasteiger partial charge in [-0.2, -0.15) is 0 Å². The van der Waals surface area contributed by atoms with Gasteiger partial charge in [-0.25, -0.2) is 0 Å². The molecule has 0 aliphatic rings. The number of carbonyl (C=O) groups is 1. The first-order valence-corrected chi connectivity index (χ1v) is 8.97. The average molecular weight is 360 g/mol. The van der Waals surface area contributed by atoms with Crippen molar-refractivity contribution >= 4 is 29.0 Å². The number of benzene rings is 2. The van der Waals surface area contributed by atoms with E-state index in [1.165, 1.54) is 23.9 Å². The minimum atomic E-state index is -0.429. The Balaban J connectivity index is 1.75. The summed E-state index contributed by atoms with van der Waals surface area (Å²) in [6, 6.07) is 13.6. The van der Waals surface area contributed by atoms with Gasteiger partial charge in [-0.15, -0.1) is 11.8 Å². The fraction of sp³-hybridized carbons (Fsp3) is 0.278. The number of anilines is 1. The van der Waals surface area contributed by atoms with Gasteiger partial charge in [0.15, 0.2) is 0 Å². The summed E-state index contributed by atoms with van der Waals surface area (Å²) in [4.78, 5) is 22.1. The Morgan fingerprint density at radius 3 is 2.36 bits per heavy atom. The number of carbonyl (C=O) groups excluding carboxylic acids is 1. The number of amides is 1. The number of hydrogen-bond donors (Lipinski definition) is 1. The number of nitrogens with zero attached hydrogens (tertiary/aromatic N) is 1. The fourth-order valence-corrected chi connectivity index (χ4v) is 2.85. The van der Waals surface area contributed by atoms with Crippen LogP contribution >= 0.6 is 11.8 Å². The summed E-state index contributed by atoms with van der Waals surface area (Å²) in [5.74, 6) is 1.60. The highest BCUT2D eigenvalue weighted by Crippen LogP contribution is 2.19. The molecular formula is C18H20N2O4S. The summed E-state index contributed by atoms with van der Waals surface area (Å²) in [7, 11) is 0. The number of rotatable bonds is 8. The van der Waals surface area contributed by atoms with Gasteiger partial charge in [0.05, 0.1) is 16.8 Å². The third-order valence-electron chi connectivity index (χ3n) is 3.16. The Morgan fingerprint density at radius 1 is 1.16 bits per heavy atom. The van der Waals surface area contributed by atoms with Gasteiger partial charge in [-0.05, 0) is 43.7 Å². The van der Waals surface area contributed by atoms with Crippen LogP contribution < -0.4 is 10.1 Å². The first-order chi connectivity index (χ1) is 11.9. The minimum absolute atomic E-state index is 0.0661. The molecule has 7 heteroatoms. The van der Waals surface area contributed by atoms with E-state index >= 15 is 0 Å². The zero-order chi connectivity index (χ0) is 18.2. The maximum absolute atomic E-state index is 12.0. The molecule has 0 radical (unpaired) electrons. The van der Waals surface area contributed by atoms with Gasteiger partial charge >= 0.3 is 0 Å². The van der Waals surface area contributed by atoms with Gasteiger partial charge in [0, 0.05) is 23.6 Å². The molecule has 1 N–H and O–H groups in total. The van der Waals surface area contributed by atoms with Crippen molar-refractivity contribution in [1.82, 2.24) is 0 Å². The predicted molar refractivity (Wildman–Crippen MR) is 100 cm³/mol. The van der Waals surface area contributed by atoms with Crippen molar-refractivity contribution in [2.75, 3.05) is 11.1 Å². The molecule has 0 atom stereocenters. The molecule has 2 rings (SSSR count). The van der Waals surface area contributed by atoms with Gasteiger partial charge in [0.1, 0.15) is 5.75 Å². The maximum Gasteiger partial charge on any atom is 0.269 e. The molecule has 0 aromatic heterocycles. The van der Waals surface area contributed by atoms with Crippen LogP contribution in [0.4, 0.5) is 11.4 Å². The fourth-order valence-electron chi connectivity index (χ4n) is 2.06. The summed E-state index contributed by atoms with van der Waals surface area (Å²) >= 11 is 1.45. The zero-order valence-electron chi connectivity index (χ0n) is 14.1. The van der Waals surface area contributed by atoms with Crippen LogP contribution in [0, 0.1) is 10.1 Å². The molecule has 0 aliphatic heterocycles. The lowest BCUT2D eigenvalue weighted by Crippen LogP contribution is -2.14. The zero-order valence-corrected chi connectivity index (χ0v) is 14.9. The molecule has 0 bridgehead atoms. The molecule has 0 fully saturated rings. The van der Waals surface area contributed by atoms with Crippen LogP contribution in [0.2, 0.25) is 0 Å². The largest absolute Gasteiger partial charge is 0.491 e. The Morgan fingerprint density at radius 2 is 1.80 bits per heavy atom. The standard InChI is InChI=1S/C18H20N2O4S/c1-13(2)24-17-9-5-15(6-10-17)19-18(21)12-25-11-14-3-7-16(8-4-14)20(22)23/h3-10,13H,11-12H2,1-2H3,(H,19,21). The number of non-ortho nitro benzene ring substituents is 1. The predicted octanol–water partition coefficient (Wildman–Crippen LogP) is 4.25. The topological polar surface area (TPSA) is 81.5 Å². The molecule has 1 amide bonds. The number of nitro groups is 1. The monoisotopic (exact) mass is 360 g/mol. The van der Waals surface area contributed by atoms with E-state index in [9.17, 15) is 14.9 Å². The van der Waals surface area contributed by atoms with Gasteiger partial charge in [-0.1, -0.05) is 12.1 Å². The molecule has 0 unspecified atom stereocenters. The first-order valence-electron chi connectivity index (χ1n) is 7.81. The van der Waals surface area contributed by atoms with E-state index < -0.39 is 4.92 Å². The number of nitrogens with one attached hydrogen (secondary N) is 1. The van der Waals surface area contributed by atoms with Crippen molar-refractivity contribution < 1.29 is 14.5 Å². The van der Waals surface area contributed by atoms with E-state index in [-0.39, 0.29) is 17.7 Å². The van der Waals surface area contributed by atoms with Crippen LogP contribution in [0.25, 0.3) is 0 Å². The van der Waals surface area contributed by atoms with Crippen LogP contribution in [0.3, 0.4) is 0 Å². The number of ether oxygens (including phenoxy) is 1. The highest BCUT2D eigenvalue weighted by Gasteiger charge is 2.06. The molecule has 6 nitrogen and oxygen atoms in total. The van der Waals surface area contributed by atoms with Crippen molar-refractivity contribution in [2.45, 2.75) is 25.7 Å². The highest BCUT2D eigenvalue weighted by molar-refractivity contribution is 7.99. The Labute approximate surface area is 150 Å². The van der Waals surface area contributed by atoms with Gasteiger partial charge < -0.3 is 10.1 Å². The number of thioether (sulfide) groups is 1. The summed E-state index contributed by atoms with van der Waals surface area (Å²) in [5, 5.41) is 13.4. The molecule has 0 heterocycles. The summed E-state index contributed by atoms with van der Waals surface area (Å²) in [5.41, 5.74) is 1.73. The molecule has 0 saturated carbocycles. The Bertz CT molecular complexity index is 715. The molecule has 0 aliphatic carbocycles. The number of hydrogen-bond acceptors (Lipinski definition) is 5. The second-order valence-corrected chi connectivity index (χ2v) is 6.64. The second-order valence-electron chi connectivity index (χ2n) is 5.66. The quantitative estimate of drug-likeness (QED) is 0.562. The van der Waals surface area contributed by atoms with Crippen LogP contribution in [0.15, 0.2) is 48.5 Å². The molecule has 0 spiro atoms. The van der Waals surface area contributed by atoms with Crippen molar-refractivity contribution in [2.24, 2.45) is 0 Å². The summed E-state index contributed by atoms with van der Waals surface area (Å²) in [6.45, 7) is 3.91. The van der Waals surface area contributed by atoms with Gasteiger partial charge in [0.2, 0.25) is 5.91 Å². The third-order valence-corrected chi connectivity index (χ3v) is 4.16. The van der Waals surface area contributed by atoms with Crippen molar-refractivity contribution in [1.29, 1.82) is 0 Å². The van der Waals surface area contributed by atoms with Crippen molar-refractivity contribution in [3.05, 3.63) is 64.2 Å². The van der Waals surface area contributed by atoms with E-state index in [0.29, 0.717) is 11.5 Å². The van der Waals surface area contributed by atoms with E-state index in [1.54, 1.807) is 24.3 Å². The smallest absolute Gasteiger partial charge is 0.269 e.